The fourth-order valence-corrected chi connectivity index (χ4v) is 13.5. The first-order chi connectivity index (χ1) is 45.2. The van der Waals surface area contributed by atoms with E-state index in [-0.39, 0.29) is 18.5 Å². The summed E-state index contributed by atoms with van der Waals surface area (Å²) in [4.78, 5) is 25.2. The third-order valence-electron chi connectivity index (χ3n) is 19.9. The number of hydrogen-bond donors (Lipinski definition) is 6. The lowest BCUT2D eigenvalue weighted by Gasteiger charge is -2.40. The summed E-state index contributed by atoms with van der Waals surface area (Å²) in [6.07, 6.45) is 79.8. The maximum atomic E-state index is 13.0. The summed E-state index contributed by atoms with van der Waals surface area (Å²) in [5, 5.41) is 54.4. The molecule has 1 aliphatic heterocycles. The second-order valence-electron chi connectivity index (χ2n) is 28.8. The standard InChI is InChI=1S/C81H157NO10/c1-3-5-7-9-11-13-15-16-17-18-36-40-43-46-49-53-57-61-65-69-77(86)90-70-66-62-58-54-50-47-44-41-38-35-33-31-29-27-25-23-21-19-20-22-24-26-28-30-32-34-37-39-42-45-48-52-56-60-64-68-76(85)82-73(72-91-81-80(89)79(88)78(87)75(71-83)92-81)74(84)67-63-59-55-51-14-12-10-8-6-4-2/h63,67,73-75,78-81,83-84,87-89H,3-62,64-66,68-72H2,1-2H3,(H,82,85)/b67-63+. The van der Waals surface area contributed by atoms with Crippen LogP contribution in [0.3, 0.4) is 0 Å². The highest BCUT2D eigenvalue weighted by molar-refractivity contribution is 5.76. The fraction of sp³-hybridized carbons (Fsp3) is 0.951. The zero-order chi connectivity index (χ0) is 66.5. The molecule has 11 nitrogen and oxygen atoms in total. The number of hydrogen-bond acceptors (Lipinski definition) is 10. The molecular weight excluding hydrogens is 1150 g/mol. The van der Waals surface area contributed by atoms with Gasteiger partial charge in [0.25, 0.3) is 0 Å². The van der Waals surface area contributed by atoms with Gasteiger partial charge in [-0.25, -0.2) is 0 Å². The number of esters is 1. The van der Waals surface area contributed by atoms with Gasteiger partial charge in [-0.1, -0.05) is 398 Å². The largest absolute Gasteiger partial charge is 0.466 e. The van der Waals surface area contributed by atoms with Gasteiger partial charge in [-0.15, -0.1) is 0 Å². The summed E-state index contributed by atoms with van der Waals surface area (Å²) < 4.78 is 16.8. The summed E-state index contributed by atoms with van der Waals surface area (Å²) in [5.74, 6) is -0.153. The van der Waals surface area contributed by atoms with E-state index in [0.29, 0.717) is 19.4 Å². The molecular formula is C81H157NO10. The fourth-order valence-electron chi connectivity index (χ4n) is 13.5. The molecule has 0 aromatic carbocycles. The van der Waals surface area contributed by atoms with Crippen LogP contribution in [0, 0.1) is 0 Å². The number of amides is 1. The molecule has 1 amide bonds. The number of allylic oxidation sites excluding steroid dienone is 1. The van der Waals surface area contributed by atoms with Gasteiger partial charge in [-0.05, 0) is 32.1 Å². The molecule has 7 unspecified atom stereocenters. The lowest BCUT2D eigenvalue weighted by molar-refractivity contribution is -0.302. The molecule has 0 saturated carbocycles. The molecule has 1 saturated heterocycles. The predicted octanol–water partition coefficient (Wildman–Crippen LogP) is 22.1. The summed E-state index contributed by atoms with van der Waals surface area (Å²) >= 11 is 0. The van der Waals surface area contributed by atoms with Gasteiger partial charge in [0.2, 0.25) is 5.91 Å². The quantitative estimate of drug-likeness (QED) is 0.0195. The molecule has 546 valence electrons. The van der Waals surface area contributed by atoms with Crippen LogP contribution in [0.2, 0.25) is 0 Å². The molecule has 1 heterocycles. The van der Waals surface area contributed by atoms with Crippen molar-refractivity contribution in [1.82, 2.24) is 5.32 Å². The van der Waals surface area contributed by atoms with Crippen LogP contribution >= 0.6 is 0 Å². The average molecular weight is 1310 g/mol. The molecule has 11 heteroatoms. The number of ether oxygens (including phenoxy) is 3. The SMILES string of the molecule is CCCCCCCCCC/C=C/C(O)C(COC1OC(CO)C(O)C(O)C1O)NC(=O)CCCCCCCCCCCCCCCCCCCCCCCCCCCCCCCCCCCCCOC(=O)CCCCCCCCCCCCCCCCCCCCC. The van der Waals surface area contributed by atoms with Crippen molar-refractivity contribution in [1.29, 1.82) is 0 Å². The van der Waals surface area contributed by atoms with E-state index in [1.165, 1.54) is 353 Å². The van der Waals surface area contributed by atoms with Crippen LogP contribution in [0.15, 0.2) is 12.2 Å². The minimum absolute atomic E-state index is 0.0219. The van der Waals surface area contributed by atoms with Gasteiger partial charge in [0.15, 0.2) is 6.29 Å². The Morgan fingerprint density at radius 1 is 0.391 bits per heavy atom. The number of unbranched alkanes of at least 4 members (excludes halogenated alkanes) is 60. The van der Waals surface area contributed by atoms with Crippen LogP contribution in [-0.2, 0) is 23.8 Å². The Morgan fingerprint density at radius 3 is 1.01 bits per heavy atom. The minimum atomic E-state index is -1.57. The molecule has 7 atom stereocenters. The maximum Gasteiger partial charge on any atom is 0.305 e. The normalized spacial score (nSPS) is 17.5. The minimum Gasteiger partial charge on any atom is -0.466 e. The molecule has 0 spiro atoms. The zero-order valence-corrected chi connectivity index (χ0v) is 61.1. The highest BCUT2D eigenvalue weighted by Crippen LogP contribution is 2.24. The van der Waals surface area contributed by atoms with Crippen LogP contribution in [0.1, 0.15) is 431 Å². The van der Waals surface area contributed by atoms with Gasteiger partial charge in [0.05, 0.1) is 32.0 Å². The molecule has 1 rings (SSSR count). The van der Waals surface area contributed by atoms with Crippen molar-refractivity contribution < 1.29 is 49.3 Å². The number of nitrogens with one attached hydrogen (secondary N) is 1. The average Bonchev–Trinajstić information content (AvgIpc) is 0.979. The molecule has 0 aromatic rings. The van der Waals surface area contributed by atoms with Crippen molar-refractivity contribution >= 4 is 11.9 Å². The summed E-state index contributed by atoms with van der Waals surface area (Å²) in [7, 11) is 0. The van der Waals surface area contributed by atoms with Crippen LogP contribution in [0.5, 0.6) is 0 Å². The molecule has 0 radical (unpaired) electrons. The van der Waals surface area contributed by atoms with E-state index in [2.05, 4.69) is 19.2 Å². The molecule has 92 heavy (non-hydrogen) atoms. The zero-order valence-electron chi connectivity index (χ0n) is 61.1. The molecule has 0 bridgehead atoms. The van der Waals surface area contributed by atoms with E-state index in [9.17, 15) is 35.1 Å². The lowest BCUT2D eigenvalue weighted by atomic mass is 9.99. The van der Waals surface area contributed by atoms with Gasteiger partial charge in [0, 0.05) is 12.8 Å². The van der Waals surface area contributed by atoms with Crippen LogP contribution in [0.4, 0.5) is 0 Å². The van der Waals surface area contributed by atoms with Crippen molar-refractivity contribution in [2.75, 3.05) is 19.8 Å². The van der Waals surface area contributed by atoms with E-state index in [0.717, 1.165) is 51.4 Å². The number of aliphatic hydroxyl groups is 5. The van der Waals surface area contributed by atoms with Crippen molar-refractivity contribution in [3.05, 3.63) is 12.2 Å². The Balaban J connectivity index is 1.84. The summed E-state index contributed by atoms with van der Waals surface area (Å²) in [5.41, 5.74) is 0. The maximum absolute atomic E-state index is 13.0. The number of aliphatic hydroxyl groups excluding tert-OH is 5. The van der Waals surface area contributed by atoms with Gasteiger partial charge >= 0.3 is 5.97 Å². The van der Waals surface area contributed by atoms with Crippen LogP contribution in [-0.4, -0.2) is 100 Å². The lowest BCUT2D eigenvalue weighted by Crippen LogP contribution is -2.60. The molecule has 0 aliphatic carbocycles. The Labute approximate surface area is 569 Å². The number of carbonyl (C=O) groups is 2. The third kappa shape index (κ3) is 58.5. The summed E-state index contributed by atoms with van der Waals surface area (Å²) in [6.45, 7) is 4.39. The molecule has 1 fully saturated rings. The van der Waals surface area contributed by atoms with Gasteiger partial charge in [-0.2, -0.15) is 0 Å². The van der Waals surface area contributed by atoms with Gasteiger partial charge in [-0.3, -0.25) is 9.59 Å². The highest BCUT2D eigenvalue weighted by atomic mass is 16.7. The van der Waals surface area contributed by atoms with Crippen molar-refractivity contribution in [3.8, 4) is 0 Å². The first-order valence-electron chi connectivity index (χ1n) is 41.0. The van der Waals surface area contributed by atoms with Crippen molar-refractivity contribution in [2.24, 2.45) is 0 Å². The molecule has 1 aliphatic rings. The number of carbonyl (C=O) groups excluding carboxylic acids is 2. The Morgan fingerprint density at radius 2 is 0.685 bits per heavy atom. The van der Waals surface area contributed by atoms with Crippen molar-refractivity contribution in [3.63, 3.8) is 0 Å². The van der Waals surface area contributed by atoms with Crippen LogP contribution < -0.4 is 5.32 Å². The first kappa shape index (κ1) is 88.4. The van der Waals surface area contributed by atoms with Crippen LogP contribution in [0.25, 0.3) is 0 Å². The van der Waals surface area contributed by atoms with E-state index in [4.69, 9.17) is 14.2 Å². The van der Waals surface area contributed by atoms with E-state index in [1.54, 1.807) is 6.08 Å². The number of rotatable bonds is 74. The monoisotopic (exact) mass is 1300 g/mol. The predicted molar refractivity (Wildman–Crippen MR) is 389 cm³/mol. The molecule has 6 N–H and O–H groups in total. The second-order valence-corrected chi connectivity index (χ2v) is 28.8. The summed E-state index contributed by atoms with van der Waals surface area (Å²) in [6, 6.07) is -0.804. The topological polar surface area (TPSA) is 175 Å². The first-order valence-corrected chi connectivity index (χ1v) is 41.0. The van der Waals surface area contributed by atoms with Crippen molar-refractivity contribution in [2.45, 2.75) is 474 Å². The Bertz CT molecular complexity index is 1530. The Kier molecular flexibility index (Phi) is 67.9. The van der Waals surface area contributed by atoms with Gasteiger partial charge in [0.1, 0.15) is 24.4 Å². The third-order valence-corrected chi connectivity index (χ3v) is 19.9. The van der Waals surface area contributed by atoms with E-state index < -0.39 is 49.5 Å². The highest BCUT2D eigenvalue weighted by Gasteiger charge is 2.44. The smallest absolute Gasteiger partial charge is 0.305 e. The second kappa shape index (κ2) is 70.7. The Hall–Kier alpha value is -1.60. The van der Waals surface area contributed by atoms with Gasteiger partial charge < -0.3 is 45.1 Å². The van der Waals surface area contributed by atoms with E-state index in [1.807, 2.05) is 6.08 Å². The molecule has 0 aromatic heterocycles. The van der Waals surface area contributed by atoms with E-state index >= 15 is 0 Å².